The van der Waals surface area contributed by atoms with Crippen molar-refractivity contribution in [3.8, 4) is 0 Å². The lowest BCUT2D eigenvalue weighted by Gasteiger charge is -2.32. The van der Waals surface area contributed by atoms with Gasteiger partial charge in [0.05, 0.1) is 10.6 Å². The molecule has 2 atom stereocenters. The number of amidine groups is 1. The van der Waals surface area contributed by atoms with Gasteiger partial charge >= 0.3 is 6.55 Å². The molecular weight excluding hydrogens is 604 g/mol. The molecule has 15 heteroatoms. The van der Waals surface area contributed by atoms with Crippen LogP contribution in [0, 0.1) is 11.6 Å². The van der Waals surface area contributed by atoms with Gasteiger partial charge in [0.2, 0.25) is 10.0 Å². The van der Waals surface area contributed by atoms with Gasteiger partial charge in [-0.2, -0.15) is 13.9 Å². The molecule has 41 heavy (non-hydrogen) atoms. The van der Waals surface area contributed by atoms with Crippen molar-refractivity contribution in [2.75, 3.05) is 6.54 Å². The minimum atomic E-state index is -4.04. The summed E-state index contributed by atoms with van der Waals surface area (Å²) in [6, 6.07) is 8.10. The van der Waals surface area contributed by atoms with Crippen LogP contribution >= 0.6 is 22.9 Å². The number of alkyl halides is 2. The lowest BCUT2D eigenvalue weighted by molar-refractivity contribution is 0.0564. The van der Waals surface area contributed by atoms with Crippen molar-refractivity contribution in [1.82, 2.24) is 24.4 Å². The van der Waals surface area contributed by atoms with Gasteiger partial charge in [-0.25, -0.2) is 31.6 Å². The van der Waals surface area contributed by atoms with Crippen LogP contribution in [0.25, 0.3) is 5.57 Å². The Morgan fingerprint density at radius 3 is 2.49 bits per heavy atom. The number of nitrogens with one attached hydrogen (secondary N) is 1. The van der Waals surface area contributed by atoms with E-state index in [-0.39, 0.29) is 28.6 Å². The molecule has 0 radical (unpaired) electrons. The van der Waals surface area contributed by atoms with E-state index in [1.54, 1.807) is 16.5 Å². The lowest BCUT2D eigenvalue weighted by atomic mass is 9.92. The fraction of sp³-hybridized carbons (Fsp3) is 0.192. The summed E-state index contributed by atoms with van der Waals surface area (Å²) >= 11 is 7.77. The molecule has 2 aliphatic rings. The van der Waals surface area contributed by atoms with Gasteiger partial charge in [0.25, 0.3) is 0 Å². The maximum Gasteiger partial charge on any atom is 0.333 e. The summed E-state index contributed by atoms with van der Waals surface area (Å²) in [5.41, 5.74) is 1.58. The van der Waals surface area contributed by atoms with E-state index in [1.807, 2.05) is 0 Å². The third-order valence-corrected chi connectivity index (χ3v) is 9.30. The minimum absolute atomic E-state index is 0.0728. The first-order chi connectivity index (χ1) is 19.6. The third kappa shape index (κ3) is 5.27. The Bertz CT molecular complexity index is 1780. The van der Waals surface area contributed by atoms with E-state index < -0.39 is 40.3 Å². The number of rotatable bonds is 7. The van der Waals surface area contributed by atoms with Crippen molar-refractivity contribution in [2.45, 2.75) is 29.9 Å². The highest BCUT2D eigenvalue weighted by Gasteiger charge is 2.42. The second-order valence-corrected chi connectivity index (χ2v) is 12.3. The molecule has 1 saturated heterocycles. The molecular formula is C26H19ClF4N6O2S2. The van der Waals surface area contributed by atoms with E-state index in [2.05, 4.69) is 14.8 Å². The van der Waals surface area contributed by atoms with Crippen molar-refractivity contribution in [2.24, 2.45) is 4.99 Å². The van der Waals surface area contributed by atoms with Gasteiger partial charge in [-0.3, -0.25) is 4.99 Å². The smallest absolute Gasteiger partial charge is 0.326 e. The number of aliphatic imine (C=N–C) groups is 1. The number of aromatic nitrogens is 3. The van der Waals surface area contributed by atoms with E-state index >= 15 is 0 Å². The molecule has 1 N–H and O–H groups in total. The van der Waals surface area contributed by atoms with Crippen molar-refractivity contribution in [1.29, 1.82) is 0 Å². The summed E-state index contributed by atoms with van der Waals surface area (Å²) in [4.78, 5) is 11.0. The predicted molar refractivity (Wildman–Crippen MR) is 145 cm³/mol. The summed E-state index contributed by atoms with van der Waals surface area (Å²) in [6.45, 7) is -2.76. The number of halogens is 5. The number of fused-ring (bicyclic) bond motifs is 1. The quantitative estimate of drug-likeness (QED) is 0.270. The second kappa shape index (κ2) is 10.7. The molecule has 2 aromatic carbocycles. The Balaban J connectivity index is 1.48. The molecule has 0 spiro atoms. The number of sulfonamides is 1. The summed E-state index contributed by atoms with van der Waals surface area (Å²) < 4.78 is 83.9. The van der Waals surface area contributed by atoms with Crippen LogP contribution in [0.1, 0.15) is 35.3 Å². The number of benzene rings is 2. The molecule has 0 saturated carbocycles. The standard InChI is InChI=1S/C26H19ClF4N6O2S2/c27-19-11-15(29)3-6-18(19)23-22(20-7-9-37(34-20)26(30)31)21-12-16(13-36(21)24(33-23)25-32-8-10-40-25)35-41(38,39)17-4-1-14(28)2-5-17/h1-11,16,23,26,35H,12-13H2/t16-,23-/m0/s1. The van der Waals surface area contributed by atoms with Crippen LogP contribution in [-0.2, 0) is 10.0 Å². The average Bonchev–Trinajstić information content (AvgIpc) is 3.69. The normalized spacial score (nSPS) is 19.2. The van der Waals surface area contributed by atoms with Gasteiger partial charge in [0.15, 0.2) is 10.8 Å². The highest BCUT2D eigenvalue weighted by Crippen LogP contribution is 2.46. The van der Waals surface area contributed by atoms with Crippen LogP contribution in [0.3, 0.4) is 0 Å². The maximum absolute atomic E-state index is 14.0. The molecule has 0 amide bonds. The molecule has 0 bridgehead atoms. The van der Waals surface area contributed by atoms with Gasteiger partial charge in [0.1, 0.15) is 17.7 Å². The molecule has 212 valence electrons. The molecule has 4 heterocycles. The zero-order valence-corrected chi connectivity index (χ0v) is 23.1. The molecule has 0 unspecified atom stereocenters. The third-order valence-electron chi connectivity index (χ3n) is 6.67. The number of hydrogen-bond acceptors (Lipinski definition) is 7. The van der Waals surface area contributed by atoms with Gasteiger partial charge < -0.3 is 4.90 Å². The van der Waals surface area contributed by atoms with E-state index in [0.717, 1.165) is 36.5 Å². The zero-order valence-electron chi connectivity index (χ0n) is 20.8. The van der Waals surface area contributed by atoms with Crippen molar-refractivity contribution in [3.05, 3.63) is 105 Å². The average molecular weight is 623 g/mol. The van der Waals surface area contributed by atoms with Gasteiger partial charge in [0, 0.05) is 58.6 Å². The van der Waals surface area contributed by atoms with Crippen molar-refractivity contribution < 1.29 is 26.0 Å². The van der Waals surface area contributed by atoms with Crippen molar-refractivity contribution in [3.63, 3.8) is 0 Å². The minimum Gasteiger partial charge on any atom is -0.326 e. The number of hydrogen-bond donors (Lipinski definition) is 1. The first-order valence-corrected chi connectivity index (χ1v) is 14.9. The predicted octanol–water partition coefficient (Wildman–Crippen LogP) is 5.63. The molecule has 1 fully saturated rings. The molecule has 2 aliphatic heterocycles. The second-order valence-electron chi connectivity index (χ2n) is 9.26. The topological polar surface area (TPSA) is 92.5 Å². The largest absolute Gasteiger partial charge is 0.333 e. The molecule has 6 rings (SSSR count). The van der Waals surface area contributed by atoms with E-state index in [0.29, 0.717) is 32.4 Å². The maximum atomic E-state index is 14.0. The summed E-state index contributed by atoms with van der Waals surface area (Å²) in [5.74, 6) is -0.719. The highest BCUT2D eigenvalue weighted by atomic mass is 35.5. The molecule has 2 aromatic heterocycles. The van der Waals surface area contributed by atoms with Crippen LogP contribution in [0.15, 0.2) is 81.9 Å². The van der Waals surface area contributed by atoms with Crippen LogP contribution in [0.5, 0.6) is 0 Å². The Labute approximate surface area is 240 Å². The Kier molecular flexibility index (Phi) is 7.18. The molecule has 4 aromatic rings. The number of nitrogens with zero attached hydrogens (tertiary/aromatic N) is 5. The SMILES string of the molecule is O=S(=O)(N[C@H]1CC2=C(c3ccn(C(F)F)n3)[C@H](c3ccc(F)cc3Cl)N=C(c3nccs3)N2C1)c1ccc(F)cc1. The fourth-order valence-electron chi connectivity index (χ4n) is 4.93. The number of thiazole rings is 1. The summed E-state index contributed by atoms with van der Waals surface area (Å²) in [7, 11) is -4.04. The first kappa shape index (κ1) is 27.6. The van der Waals surface area contributed by atoms with Gasteiger partial charge in [-0.1, -0.05) is 17.7 Å². The Morgan fingerprint density at radius 1 is 1.07 bits per heavy atom. The lowest BCUT2D eigenvalue weighted by Crippen LogP contribution is -2.39. The highest BCUT2D eigenvalue weighted by molar-refractivity contribution is 7.89. The van der Waals surface area contributed by atoms with Crippen LogP contribution < -0.4 is 4.72 Å². The zero-order chi connectivity index (χ0) is 28.9. The van der Waals surface area contributed by atoms with Crippen molar-refractivity contribution >= 4 is 44.4 Å². The fourth-order valence-corrected chi connectivity index (χ4v) is 7.07. The molecule has 0 aliphatic carbocycles. The van der Waals surface area contributed by atoms with E-state index in [1.165, 1.54) is 29.5 Å². The molecule has 8 nitrogen and oxygen atoms in total. The van der Waals surface area contributed by atoms with Crippen LogP contribution in [0.4, 0.5) is 17.6 Å². The van der Waals surface area contributed by atoms with Gasteiger partial charge in [-0.15, -0.1) is 11.3 Å². The van der Waals surface area contributed by atoms with Gasteiger partial charge in [-0.05, 0) is 42.5 Å². The van der Waals surface area contributed by atoms with E-state index in [4.69, 9.17) is 16.6 Å². The first-order valence-electron chi connectivity index (χ1n) is 12.2. The Hall–Kier alpha value is -3.59. The Morgan fingerprint density at radius 2 is 1.83 bits per heavy atom. The summed E-state index contributed by atoms with van der Waals surface area (Å²) in [6.07, 6.45) is 2.86. The van der Waals surface area contributed by atoms with Crippen LogP contribution in [0.2, 0.25) is 5.02 Å². The van der Waals surface area contributed by atoms with Crippen LogP contribution in [-0.4, -0.2) is 46.5 Å². The monoisotopic (exact) mass is 622 g/mol. The summed E-state index contributed by atoms with van der Waals surface area (Å²) in [5, 5.41) is 6.43. The van der Waals surface area contributed by atoms with E-state index in [9.17, 15) is 26.0 Å².